The Kier molecular flexibility index (Phi) is 4.58. The van der Waals surface area contributed by atoms with Crippen LogP contribution in [0.25, 0.3) is 27.9 Å². The van der Waals surface area contributed by atoms with Gasteiger partial charge in [0.25, 0.3) is 0 Å². The number of benzene rings is 1. The second-order valence-electron chi connectivity index (χ2n) is 9.02. The quantitative estimate of drug-likeness (QED) is 0.385. The summed E-state index contributed by atoms with van der Waals surface area (Å²) >= 11 is 0. The highest BCUT2D eigenvalue weighted by molar-refractivity contribution is 5.74. The number of hydrogen-bond acceptors (Lipinski definition) is 1. The number of nitrogens with zero attached hydrogens (tertiary/aromatic N) is 2. The van der Waals surface area contributed by atoms with Crippen LogP contribution in [0.1, 0.15) is 37.5 Å². The smallest absolute Gasteiger partial charge is 0.0707 e. The average molecular weight is 369 g/mol. The van der Waals surface area contributed by atoms with E-state index in [1.165, 1.54) is 38.9 Å². The molecule has 4 aromatic rings. The predicted octanol–water partition coefficient (Wildman–Crippen LogP) is 6.87. The lowest BCUT2D eigenvalue weighted by atomic mass is 9.86. The van der Waals surface area contributed by atoms with Gasteiger partial charge in [-0.25, -0.2) is 0 Å². The summed E-state index contributed by atoms with van der Waals surface area (Å²) in [7, 11) is 0. The number of hydrogen-bond donors (Lipinski definition) is 0. The van der Waals surface area contributed by atoms with Gasteiger partial charge in [0.2, 0.25) is 0 Å². The topological polar surface area (TPSA) is 17.3 Å². The SMILES string of the molecule is Cc1cnc(-c2cc(-c3ccc4cccn4c3)ccc2C)cc1CC(C)(C)C. The first-order chi connectivity index (χ1) is 13.3. The molecular formula is C26H28N2. The van der Waals surface area contributed by atoms with E-state index in [1.807, 2.05) is 6.20 Å². The molecule has 0 aliphatic rings. The second kappa shape index (κ2) is 6.94. The van der Waals surface area contributed by atoms with Crippen molar-refractivity contribution >= 4 is 5.52 Å². The summed E-state index contributed by atoms with van der Waals surface area (Å²) in [5.74, 6) is 0. The Hall–Kier alpha value is -2.87. The van der Waals surface area contributed by atoms with Gasteiger partial charge in [0, 0.05) is 29.7 Å². The molecule has 0 atom stereocenters. The molecule has 0 spiro atoms. The lowest BCUT2D eigenvalue weighted by Gasteiger charge is -2.20. The lowest BCUT2D eigenvalue weighted by Crippen LogP contribution is -2.10. The highest BCUT2D eigenvalue weighted by atomic mass is 14.8. The Morgan fingerprint density at radius 1 is 0.893 bits per heavy atom. The minimum absolute atomic E-state index is 0.256. The fourth-order valence-corrected chi connectivity index (χ4v) is 3.76. The normalized spacial score (nSPS) is 11.9. The van der Waals surface area contributed by atoms with Gasteiger partial charge in [-0.15, -0.1) is 0 Å². The molecule has 2 heteroatoms. The maximum Gasteiger partial charge on any atom is 0.0707 e. The van der Waals surface area contributed by atoms with Crippen LogP contribution in [0, 0.1) is 19.3 Å². The molecule has 0 fully saturated rings. The lowest BCUT2D eigenvalue weighted by molar-refractivity contribution is 0.410. The largest absolute Gasteiger partial charge is 0.323 e. The Balaban J connectivity index is 1.78. The molecule has 0 N–H and O–H groups in total. The van der Waals surface area contributed by atoms with E-state index in [9.17, 15) is 0 Å². The highest BCUT2D eigenvalue weighted by Gasteiger charge is 2.15. The molecule has 4 rings (SSSR count). The van der Waals surface area contributed by atoms with Crippen molar-refractivity contribution in [1.29, 1.82) is 0 Å². The Morgan fingerprint density at radius 2 is 1.68 bits per heavy atom. The molecule has 0 aliphatic carbocycles. The Bertz CT molecular complexity index is 1140. The van der Waals surface area contributed by atoms with E-state index in [-0.39, 0.29) is 5.41 Å². The molecule has 0 bridgehead atoms. The molecule has 3 heterocycles. The van der Waals surface area contributed by atoms with Gasteiger partial charge in [-0.1, -0.05) is 39.0 Å². The zero-order valence-corrected chi connectivity index (χ0v) is 17.5. The molecule has 0 amide bonds. The summed E-state index contributed by atoms with van der Waals surface area (Å²) in [6.45, 7) is 11.2. The van der Waals surface area contributed by atoms with Gasteiger partial charge in [0.15, 0.2) is 0 Å². The first-order valence-corrected chi connectivity index (χ1v) is 9.94. The molecule has 2 nitrogen and oxygen atoms in total. The number of aryl methyl sites for hydroxylation is 2. The van der Waals surface area contributed by atoms with Gasteiger partial charge in [0.1, 0.15) is 0 Å². The van der Waals surface area contributed by atoms with Crippen LogP contribution in [0.4, 0.5) is 0 Å². The van der Waals surface area contributed by atoms with Crippen LogP contribution >= 0.6 is 0 Å². The van der Waals surface area contributed by atoms with Crippen LogP contribution in [0.2, 0.25) is 0 Å². The fraction of sp³-hybridized carbons (Fsp3) is 0.269. The maximum atomic E-state index is 4.77. The van der Waals surface area contributed by atoms with Crippen molar-refractivity contribution in [2.45, 2.75) is 41.0 Å². The molecule has 1 aromatic carbocycles. The molecular weight excluding hydrogens is 340 g/mol. The maximum absolute atomic E-state index is 4.77. The van der Waals surface area contributed by atoms with Crippen LogP contribution in [-0.4, -0.2) is 9.38 Å². The van der Waals surface area contributed by atoms with Crippen molar-refractivity contribution in [3.63, 3.8) is 0 Å². The summed E-state index contributed by atoms with van der Waals surface area (Å²) in [4.78, 5) is 4.77. The number of fused-ring (bicyclic) bond motifs is 1. The third kappa shape index (κ3) is 3.73. The van der Waals surface area contributed by atoms with Gasteiger partial charge in [-0.3, -0.25) is 4.98 Å². The van der Waals surface area contributed by atoms with Crippen molar-refractivity contribution in [2.75, 3.05) is 0 Å². The van der Waals surface area contributed by atoms with Crippen LogP contribution in [-0.2, 0) is 6.42 Å². The predicted molar refractivity (Wildman–Crippen MR) is 119 cm³/mol. The van der Waals surface area contributed by atoms with Crippen LogP contribution in [0.15, 0.2) is 67.1 Å². The van der Waals surface area contributed by atoms with E-state index < -0.39 is 0 Å². The minimum atomic E-state index is 0.256. The van der Waals surface area contributed by atoms with E-state index >= 15 is 0 Å². The Labute approximate surface area is 167 Å². The zero-order valence-electron chi connectivity index (χ0n) is 17.5. The molecule has 0 unspecified atom stereocenters. The van der Waals surface area contributed by atoms with E-state index in [1.54, 1.807) is 0 Å². The van der Waals surface area contributed by atoms with Crippen molar-refractivity contribution < 1.29 is 0 Å². The summed E-state index contributed by atoms with van der Waals surface area (Å²) in [5.41, 5.74) is 10.1. The van der Waals surface area contributed by atoms with E-state index in [0.717, 1.165) is 12.1 Å². The zero-order chi connectivity index (χ0) is 19.9. The van der Waals surface area contributed by atoms with Gasteiger partial charge >= 0.3 is 0 Å². The fourth-order valence-electron chi connectivity index (χ4n) is 3.76. The van der Waals surface area contributed by atoms with Crippen molar-refractivity contribution in [1.82, 2.24) is 9.38 Å². The Morgan fingerprint density at radius 3 is 2.46 bits per heavy atom. The van der Waals surface area contributed by atoms with Gasteiger partial charge in [0.05, 0.1) is 5.69 Å². The monoisotopic (exact) mass is 368 g/mol. The molecule has 3 aromatic heterocycles. The van der Waals surface area contributed by atoms with Gasteiger partial charge in [-0.05, 0) is 83.8 Å². The highest BCUT2D eigenvalue weighted by Crippen LogP contribution is 2.31. The third-order valence-corrected chi connectivity index (χ3v) is 5.31. The molecule has 28 heavy (non-hydrogen) atoms. The molecule has 0 saturated heterocycles. The first-order valence-electron chi connectivity index (χ1n) is 9.94. The summed E-state index contributed by atoms with van der Waals surface area (Å²) in [6, 6.07) is 17.5. The van der Waals surface area contributed by atoms with E-state index in [2.05, 4.69) is 99.9 Å². The summed E-state index contributed by atoms with van der Waals surface area (Å²) in [6.07, 6.45) is 7.36. The number of aromatic nitrogens is 2. The van der Waals surface area contributed by atoms with Crippen LogP contribution in [0.5, 0.6) is 0 Å². The minimum Gasteiger partial charge on any atom is -0.323 e. The second-order valence-corrected chi connectivity index (χ2v) is 9.02. The molecule has 0 radical (unpaired) electrons. The number of rotatable bonds is 3. The molecule has 142 valence electrons. The van der Waals surface area contributed by atoms with E-state index in [4.69, 9.17) is 4.98 Å². The van der Waals surface area contributed by atoms with Gasteiger partial charge in [-0.2, -0.15) is 0 Å². The standard InChI is InChI=1S/C26H28N2/c1-18-8-9-20(21-10-11-23-7-6-12-28(23)17-21)13-24(18)25-14-22(15-26(3,4)5)19(2)16-27-25/h6-14,16-17H,15H2,1-5H3. The van der Waals surface area contributed by atoms with E-state index in [0.29, 0.717) is 0 Å². The van der Waals surface area contributed by atoms with Crippen molar-refractivity contribution in [3.8, 4) is 22.4 Å². The first kappa shape index (κ1) is 18.5. The van der Waals surface area contributed by atoms with Crippen molar-refractivity contribution in [2.24, 2.45) is 5.41 Å². The average Bonchev–Trinajstić information content (AvgIpc) is 3.11. The molecule has 0 saturated carbocycles. The molecule has 0 aliphatic heterocycles. The summed E-state index contributed by atoms with van der Waals surface area (Å²) < 4.78 is 2.17. The third-order valence-electron chi connectivity index (χ3n) is 5.31. The number of pyridine rings is 2. The van der Waals surface area contributed by atoms with Crippen LogP contribution in [0.3, 0.4) is 0 Å². The van der Waals surface area contributed by atoms with Crippen molar-refractivity contribution in [3.05, 3.63) is 83.8 Å². The summed E-state index contributed by atoms with van der Waals surface area (Å²) in [5, 5.41) is 0. The van der Waals surface area contributed by atoms with Crippen LogP contribution < -0.4 is 0 Å². The van der Waals surface area contributed by atoms with Gasteiger partial charge < -0.3 is 4.40 Å².